The predicted octanol–water partition coefficient (Wildman–Crippen LogP) is 3.60. The van der Waals surface area contributed by atoms with Gasteiger partial charge in [-0.15, -0.1) is 11.6 Å². The van der Waals surface area contributed by atoms with E-state index in [0.717, 1.165) is 6.42 Å². The third kappa shape index (κ3) is 3.18. The van der Waals surface area contributed by atoms with Crippen LogP contribution in [0.5, 0.6) is 0 Å². The molecule has 0 N–H and O–H groups in total. The van der Waals surface area contributed by atoms with E-state index in [-0.39, 0.29) is 11.6 Å². The van der Waals surface area contributed by atoms with Crippen LogP contribution in [-0.4, -0.2) is 40.7 Å². The van der Waals surface area contributed by atoms with Crippen molar-refractivity contribution in [1.29, 1.82) is 0 Å². The molecule has 2 aliphatic heterocycles. The van der Waals surface area contributed by atoms with E-state index >= 15 is 0 Å². The van der Waals surface area contributed by atoms with Crippen LogP contribution >= 0.6 is 11.6 Å². The van der Waals surface area contributed by atoms with Gasteiger partial charge in [0.2, 0.25) is 0 Å². The first-order chi connectivity index (χ1) is 13.4. The van der Waals surface area contributed by atoms with E-state index in [9.17, 15) is 9.59 Å². The van der Waals surface area contributed by atoms with Crippen molar-refractivity contribution < 1.29 is 9.59 Å². The standard InChI is InChI=1S/C22H22ClN3O2/c1-22(2)21(28)17-14(10-11-23)20(27)19-18(15(17)12-24-22)25-16(26-19)9-8-13-6-4-3-5-7-13/h3-7,12,14,17H,8-11H2,1-2H3. The fraction of sp³-hybridized carbons (Fsp3) is 0.409. The Balaban J connectivity index is 1.71. The number of fused-ring (bicyclic) bond motifs is 2. The van der Waals surface area contributed by atoms with Gasteiger partial charge in [-0.2, -0.15) is 0 Å². The highest BCUT2D eigenvalue weighted by Gasteiger charge is 2.50. The molecule has 1 aromatic rings. The average Bonchev–Trinajstić information content (AvgIpc) is 3.11. The quantitative estimate of drug-likeness (QED) is 0.714. The molecule has 0 saturated heterocycles. The molecule has 0 aromatic heterocycles. The molecule has 3 aliphatic rings. The molecule has 144 valence electrons. The molecule has 2 atom stereocenters. The summed E-state index contributed by atoms with van der Waals surface area (Å²) in [5, 5.41) is 0. The molecule has 0 fully saturated rings. The summed E-state index contributed by atoms with van der Waals surface area (Å²) >= 11 is 5.96. The average molecular weight is 396 g/mol. The number of rotatable bonds is 5. The van der Waals surface area contributed by atoms with Gasteiger partial charge in [-0.1, -0.05) is 30.3 Å². The largest absolute Gasteiger partial charge is 0.296 e. The number of amidine groups is 1. The Hall–Kier alpha value is -2.40. The fourth-order valence-electron chi connectivity index (χ4n) is 4.02. The Morgan fingerprint density at radius 3 is 2.54 bits per heavy atom. The summed E-state index contributed by atoms with van der Waals surface area (Å²) in [5.41, 5.74) is 1.96. The van der Waals surface area contributed by atoms with Gasteiger partial charge in [-0.05, 0) is 32.3 Å². The summed E-state index contributed by atoms with van der Waals surface area (Å²) in [6.07, 6.45) is 3.59. The number of ketones is 2. The number of Topliss-reactive ketones (excluding diaryl/α,β-unsaturated/α-hetero) is 2. The number of alkyl halides is 1. The van der Waals surface area contributed by atoms with Gasteiger partial charge in [-0.3, -0.25) is 14.6 Å². The number of allylic oxidation sites excluding steroid dienone is 2. The number of carbonyl (C=O) groups excluding carboxylic acids is 2. The van der Waals surface area contributed by atoms with Gasteiger partial charge >= 0.3 is 0 Å². The van der Waals surface area contributed by atoms with Crippen LogP contribution in [0.25, 0.3) is 0 Å². The second kappa shape index (κ2) is 7.21. The predicted molar refractivity (Wildman–Crippen MR) is 112 cm³/mol. The fourth-order valence-corrected chi connectivity index (χ4v) is 4.26. The molecule has 2 unspecified atom stereocenters. The van der Waals surface area contributed by atoms with Crippen LogP contribution in [0.4, 0.5) is 0 Å². The highest BCUT2D eigenvalue weighted by molar-refractivity contribution is 6.52. The lowest BCUT2D eigenvalue weighted by Gasteiger charge is -2.37. The van der Waals surface area contributed by atoms with Crippen molar-refractivity contribution >= 4 is 40.9 Å². The topological polar surface area (TPSA) is 71.2 Å². The molecule has 0 radical (unpaired) electrons. The lowest BCUT2D eigenvalue weighted by Crippen LogP contribution is -2.49. The number of benzene rings is 1. The zero-order valence-electron chi connectivity index (χ0n) is 16.0. The first-order valence-electron chi connectivity index (χ1n) is 9.57. The van der Waals surface area contributed by atoms with Gasteiger partial charge in [0.1, 0.15) is 22.8 Å². The number of halogens is 1. The molecule has 1 aromatic carbocycles. The Labute approximate surface area is 169 Å². The molecule has 0 bridgehead atoms. The van der Waals surface area contributed by atoms with Gasteiger partial charge in [-0.25, -0.2) is 9.98 Å². The molecule has 2 heterocycles. The summed E-state index contributed by atoms with van der Waals surface area (Å²) in [6.45, 7) is 3.56. The first-order valence-corrected chi connectivity index (χ1v) is 10.1. The van der Waals surface area contributed by atoms with Gasteiger partial charge < -0.3 is 0 Å². The number of aliphatic imine (C=N–C) groups is 3. The van der Waals surface area contributed by atoms with E-state index in [2.05, 4.69) is 27.1 Å². The van der Waals surface area contributed by atoms with Crippen LogP contribution in [-0.2, 0) is 16.0 Å². The molecule has 0 saturated carbocycles. The highest BCUT2D eigenvalue weighted by Crippen LogP contribution is 2.41. The first kappa shape index (κ1) is 18.9. The van der Waals surface area contributed by atoms with Crippen molar-refractivity contribution in [2.75, 3.05) is 5.88 Å². The number of aryl methyl sites for hydroxylation is 1. The van der Waals surface area contributed by atoms with E-state index < -0.39 is 17.4 Å². The Bertz CT molecular complexity index is 957. The molecular weight excluding hydrogens is 374 g/mol. The van der Waals surface area contributed by atoms with Crippen molar-refractivity contribution in [2.45, 2.75) is 38.6 Å². The molecular formula is C22H22ClN3O2. The molecule has 0 amide bonds. The van der Waals surface area contributed by atoms with E-state index in [1.165, 1.54) is 5.56 Å². The van der Waals surface area contributed by atoms with E-state index in [0.29, 0.717) is 41.5 Å². The molecule has 4 rings (SSSR count). The molecule has 28 heavy (non-hydrogen) atoms. The van der Waals surface area contributed by atoms with Gasteiger partial charge in [0.25, 0.3) is 0 Å². The lowest BCUT2D eigenvalue weighted by molar-refractivity contribution is -0.131. The van der Waals surface area contributed by atoms with Gasteiger partial charge in [0, 0.05) is 30.0 Å². The summed E-state index contributed by atoms with van der Waals surface area (Å²) in [6, 6.07) is 10.1. The second-order valence-electron chi connectivity index (χ2n) is 7.89. The summed E-state index contributed by atoms with van der Waals surface area (Å²) < 4.78 is 0. The normalized spacial score (nSPS) is 25.4. The van der Waals surface area contributed by atoms with E-state index in [4.69, 9.17) is 11.6 Å². The maximum atomic E-state index is 13.1. The lowest BCUT2D eigenvalue weighted by atomic mass is 9.67. The number of nitrogens with zero attached hydrogens (tertiary/aromatic N) is 3. The van der Waals surface area contributed by atoms with Crippen LogP contribution in [0.1, 0.15) is 32.3 Å². The monoisotopic (exact) mass is 395 g/mol. The van der Waals surface area contributed by atoms with E-state index in [1.54, 1.807) is 20.1 Å². The van der Waals surface area contributed by atoms with Crippen LogP contribution < -0.4 is 0 Å². The van der Waals surface area contributed by atoms with Crippen LogP contribution in [0.2, 0.25) is 0 Å². The third-order valence-electron chi connectivity index (χ3n) is 5.60. The minimum Gasteiger partial charge on any atom is -0.296 e. The summed E-state index contributed by atoms with van der Waals surface area (Å²) in [4.78, 5) is 39.8. The van der Waals surface area contributed by atoms with Crippen LogP contribution in [0, 0.1) is 11.8 Å². The summed E-state index contributed by atoms with van der Waals surface area (Å²) in [5.74, 6) is -0.252. The molecule has 6 heteroatoms. The maximum absolute atomic E-state index is 13.1. The van der Waals surface area contributed by atoms with Crippen LogP contribution in [0.3, 0.4) is 0 Å². The zero-order chi connectivity index (χ0) is 19.9. The Kier molecular flexibility index (Phi) is 4.88. The summed E-state index contributed by atoms with van der Waals surface area (Å²) in [7, 11) is 0. The minimum atomic E-state index is -0.841. The zero-order valence-corrected chi connectivity index (χ0v) is 16.7. The highest BCUT2D eigenvalue weighted by atomic mass is 35.5. The number of carbonyl (C=O) groups is 2. The van der Waals surface area contributed by atoms with Gasteiger partial charge in [0.05, 0.1) is 5.92 Å². The molecule has 1 aliphatic carbocycles. The molecule has 5 nitrogen and oxygen atoms in total. The van der Waals surface area contributed by atoms with Crippen molar-refractivity contribution in [2.24, 2.45) is 26.8 Å². The Morgan fingerprint density at radius 2 is 1.82 bits per heavy atom. The maximum Gasteiger partial charge on any atom is 0.187 e. The van der Waals surface area contributed by atoms with Crippen molar-refractivity contribution in [1.82, 2.24) is 0 Å². The SMILES string of the molecule is CC1(C)N=CC2=C3N=C(CCc4ccccc4)N=C3C(=O)C(CCCl)C2C1=O. The number of hydrogen-bond acceptors (Lipinski definition) is 5. The Morgan fingerprint density at radius 1 is 1.07 bits per heavy atom. The number of hydrogen-bond donors (Lipinski definition) is 0. The second-order valence-corrected chi connectivity index (χ2v) is 8.26. The smallest absolute Gasteiger partial charge is 0.187 e. The van der Waals surface area contributed by atoms with Crippen molar-refractivity contribution in [3.05, 3.63) is 47.2 Å². The van der Waals surface area contributed by atoms with Crippen LogP contribution in [0.15, 0.2) is 56.6 Å². The van der Waals surface area contributed by atoms with E-state index in [1.807, 2.05) is 18.2 Å². The minimum absolute atomic E-state index is 0.0482. The van der Waals surface area contributed by atoms with Crippen molar-refractivity contribution in [3.63, 3.8) is 0 Å². The van der Waals surface area contributed by atoms with Crippen molar-refractivity contribution in [3.8, 4) is 0 Å². The van der Waals surface area contributed by atoms with Gasteiger partial charge in [0.15, 0.2) is 11.6 Å². The third-order valence-corrected chi connectivity index (χ3v) is 5.82. The molecule has 0 spiro atoms.